The molecule has 0 spiro atoms. The Labute approximate surface area is 92.6 Å². The average molecular weight is 189 g/mol. The molecule has 0 aliphatic carbocycles. The minimum atomic E-state index is -3.42. The van der Waals surface area contributed by atoms with E-state index in [2.05, 4.69) is 4.98 Å². The minimum absolute atomic E-state index is 0.342. The fourth-order valence-corrected chi connectivity index (χ4v) is 0.781. The molecule has 0 amide bonds. The van der Waals surface area contributed by atoms with Crippen molar-refractivity contribution < 1.29 is 23.8 Å². The van der Waals surface area contributed by atoms with Gasteiger partial charge in [-0.1, -0.05) is 19.3 Å². The Morgan fingerprint density at radius 3 is 3.15 bits per heavy atom. The van der Waals surface area contributed by atoms with E-state index in [1.165, 1.54) is 0 Å². The van der Waals surface area contributed by atoms with E-state index in [1.54, 1.807) is 0 Å². The lowest BCUT2D eigenvalue weighted by molar-refractivity contribution is 0.425. The van der Waals surface area contributed by atoms with Gasteiger partial charge in [0.2, 0.25) is 0 Å². The van der Waals surface area contributed by atoms with E-state index in [-0.39, 0.29) is 5.46 Å². The molecule has 0 radical (unpaired) electrons. The molecule has 2 N–H and O–H groups in total. The maximum absolute atomic E-state index is 9.07. The molecular weight excluding hydrogens is 165 g/mol. The first-order chi connectivity index (χ1) is 10.0. The second-order valence-corrected chi connectivity index (χ2v) is 2.29. The first-order valence-corrected chi connectivity index (χ1v) is 3.40. The highest BCUT2D eigenvalue weighted by atomic mass is 16.4. The van der Waals surface area contributed by atoms with Crippen LogP contribution in [0.2, 0.25) is 0 Å². The fraction of sp³-hybridized carbons (Fsp3) is 0.444. The predicted molar refractivity (Wildman–Crippen MR) is 52.8 cm³/mol. The lowest BCUT2D eigenvalue weighted by Crippen LogP contribution is -2.30. The van der Waals surface area contributed by atoms with Crippen LogP contribution in [0.3, 0.4) is 0 Å². The molecule has 0 fully saturated rings. The van der Waals surface area contributed by atoms with Gasteiger partial charge in [0.05, 0.1) is 0 Å². The van der Waals surface area contributed by atoms with Crippen LogP contribution >= 0.6 is 0 Å². The van der Waals surface area contributed by atoms with Crippen LogP contribution in [0.1, 0.15) is 38.2 Å². The zero-order valence-corrected chi connectivity index (χ0v) is 6.57. The SMILES string of the molecule is [2H]C([2H])([2H])c1cc(B(O)O)cnc1C([2H])([2H])C([2H])([2H])C([2H])([2H])[2H]. The maximum atomic E-state index is 9.07. The van der Waals surface area contributed by atoms with Crippen LogP contribution in [0.25, 0.3) is 0 Å². The van der Waals surface area contributed by atoms with Crippen molar-refractivity contribution in [2.75, 3.05) is 0 Å². The van der Waals surface area contributed by atoms with Gasteiger partial charge in [0.15, 0.2) is 0 Å². The Kier molecular flexibility index (Phi) is 1.04. The molecule has 0 bridgehead atoms. The van der Waals surface area contributed by atoms with Gasteiger partial charge in [-0.15, -0.1) is 0 Å². The monoisotopic (exact) mass is 189 g/mol. The van der Waals surface area contributed by atoms with Gasteiger partial charge < -0.3 is 10.0 Å². The summed E-state index contributed by atoms with van der Waals surface area (Å²) in [4.78, 5) is 3.47. The van der Waals surface area contributed by atoms with Crippen LogP contribution in [-0.2, 0) is 6.37 Å². The Hall–Kier alpha value is -0.865. The van der Waals surface area contributed by atoms with Crippen molar-refractivity contribution >= 4 is 12.6 Å². The Morgan fingerprint density at radius 1 is 1.69 bits per heavy atom. The summed E-state index contributed by atoms with van der Waals surface area (Å²) in [5.41, 5.74) is -2.06. The second-order valence-electron chi connectivity index (χ2n) is 2.29. The zero-order valence-electron chi connectivity index (χ0n) is 16.6. The topological polar surface area (TPSA) is 53.4 Å². The minimum Gasteiger partial charge on any atom is -0.423 e. The summed E-state index contributed by atoms with van der Waals surface area (Å²) in [7, 11) is -2.07. The predicted octanol–water partition coefficient (Wildman–Crippen LogP) is 0.0223. The molecule has 0 aliphatic heterocycles. The smallest absolute Gasteiger partial charge is 0.423 e. The van der Waals surface area contributed by atoms with Crippen LogP contribution < -0.4 is 5.46 Å². The summed E-state index contributed by atoms with van der Waals surface area (Å²) in [5, 5.41) is 18.1. The first kappa shape index (κ1) is 3.07. The summed E-state index contributed by atoms with van der Waals surface area (Å²) < 4.78 is 74.4. The molecule has 0 aromatic carbocycles. The van der Waals surface area contributed by atoms with Crippen molar-refractivity contribution in [3.63, 3.8) is 0 Å². The third-order valence-corrected chi connectivity index (χ3v) is 1.39. The molecule has 1 aromatic heterocycles. The van der Waals surface area contributed by atoms with E-state index < -0.39 is 44.8 Å². The van der Waals surface area contributed by atoms with E-state index >= 15 is 0 Å². The summed E-state index contributed by atoms with van der Waals surface area (Å²) in [6.07, 6.45) is -5.93. The lowest BCUT2D eigenvalue weighted by Gasteiger charge is -2.05. The van der Waals surface area contributed by atoms with Crippen LogP contribution in [0.4, 0.5) is 0 Å². The first-order valence-electron chi connectivity index (χ1n) is 8.40. The largest absolute Gasteiger partial charge is 0.490 e. The maximum Gasteiger partial charge on any atom is 0.490 e. The average Bonchev–Trinajstić information content (AvgIpc) is 2.35. The number of nitrogens with zero attached hydrogens (tertiary/aromatic N) is 1. The number of hydrogen-bond donors (Lipinski definition) is 2. The Bertz CT molecular complexity index is 583. The number of aryl methyl sites for hydroxylation is 2. The number of aromatic nitrogens is 1. The van der Waals surface area contributed by atoms with Crippen molar-refractivity contribution in [1.82, 2.24) is 4.98 Å². The van der Waals surface area contributed by atoms with Gasteiger partial charge in [0.25, 0.3) is 0 Å². The van der Waals surface area contributed by atoms with E-state index in [0.717, 1.165) is 12.3 Å². The van der Waals surface area contributed by atoms with E-state index in [1.807, 2.05) is 0 Å². The number of hydrogen-bond acceptors (Lipinski definition) is 3. The fourth-order valence-electron chi connectivity index (χ4n) is 0.781. The molecule has 4 heteroatoms. The van der Waals surface area contributed by atoms with Crippen molar-refractivity contribution in [3.05, 3.63) is 23.5 Å². The van der Waals surface area contributed by atoms with Crippen molar-refractivity contribution in [1.29, 1.82) is 0 Å². The Morgan fingerprint density at radius 2 is 2.54 bits per heavy atom. The molecule has 13 heavy (non-hydrogen) atoms. The van der Waals surface area contributed by atoms with Gasteiger partial charge in [-0.05, 0) is 18.8 Å². The van der Waals surface area contributed by atoms with Crippen molar-refractivity contribution in [3.8, 4) is 0 Å². The Balaban J connectivity index is 3.65. The standard InChI is InChI=1S/C9H14BNO2/c1-3-4-9-7(2)5-8(6-11-9)10(12)13/h5-6,12-13H,3-4H2,1-2H3/i1D3,2D3,3D2,4D2. The third kappa shape index (κ3) is 2.54. The number of pyridine rings is 1. The molecule has 0 unspecified atom stereocenters. The molecule has 1 rings (SSSR count). The van der Waals surface area contributed by atoms with Gasteiger partial charge in [0, 0.05) is 31.1 Å². The molecular formula is C9H14BNO2. The van der Waals surface area contributed by atoms with Gasteiger partial charge in [-0.3, -0.25) is 4.98 Å². The second kappa shape index (κ2) is 4.39. The van der Waals surface area contributed by atoms with Gasteiger partial charge in [-0.2, -0.15) is 0 Å². The highest BCUT2D eigenvalue weighted by molar-refractivity contribution is 6.58. The molecule has 0 atom stereocenters. The van der Waals surface area contributed by atoms with Crippen LogP contribution in [0, 0.1) is 6.85 Å². The normalized spacial score (nSPS) is 25.7. The van der Waals surface area contributed by atoms with Gasteiger partial charge in [-0.25, -0.2) is 0 Å². The molecule has 0 saturated heterocycles. The summed E-state index contributed by atoms with van der Waals surface area (Å²) in [5.74, 6) is 0. The van der Waals surface area contributed by atoms with Crippen LogP contribution in [0.15, 0.2) is 12.3 Å². The van der Waals surface area contributed by atoms with Crippen molar-refractivity contribution in [2.45, 2.75) is 26.4 Å². The van der Waals surface area contributed by atoms with Gasteiger partial charge in [0.1, 0.15) is 0 Å². The molecule has 0 saturated carbocycles. The molecule has 70 valence electrons. The van der Waals surface area contributed by atoms with E-state index in [9.17, 15) is 0 Å². The van der Waals surface area contributed by atoms with Crippen molar-refractivity contribution in [2.24, 2.45) is 0 Å². The van der Waals surface area contributed by atoms with E-state index in [0.29, 0.717) is 0 Å². The third-order valence-electron chi connectivity index (χ3n) is 1.39. The number of rotatable bonds is 3. The quantitative estimate of drug-likeness (QED) is 0.659. The highest BCUT2D eigenvalue weighted by Gasteiger charge is 2.12. The van der Waals surface area contributed by atoms with Crippen LogP contribution in [-0.4, -0.2) is 22.2 Å². The summed E-state index contributed by atoms with van der Waals surface area (Å²) in [6.45, 7) is -6.34. The summed E-state index contributed by atoms with van der Waals surface area (Å²) in [6, 6.07) is 0.743. The van der Waals surface area contributed by atoms with Crippen LogP contribution in [0.5, 0.6) is 0 Å². The van der Waals surface area contributed by atoms with E-state index in [4.69, 9.17) is 23.8 Å². The van der Waals surface area contributed by atoms with Gasteiger partial charge >= 0.3 is 7.12 Å². The highest BCUT2D eigenvalue weighted by Crippen LogP contribution is 2.04. The molecule has 0 aliphatic rings. The molecule has 3 nitrogen and oxygen atoms in total. The molecule has 1 heterocycles. The lowest BCUT2D eigenvalue weighted by atomic mass is 9.81. The molecule has 1 aromatic rings. The zero-order chi connectivity index (χ0) is 18.4. The summed E-state index contributed by atoms with van der Waals surface area (Å²) >= 11 is 0.